The number of carbonyl (C=O) groups excluding carboxylic acids is 1. The van der Waals surface area contributed by atoms with Crippen LogP contribution in [0.25, 0.3) is 5.69 Å². The Labute approximate surface area is 158 Å². The zero-order chi connectivity index (χ0) is 18.6. The monoisotopic (exact) mass is 365 g/mol. The van der Waals surface area contributed by atoms with Crippen molar-refractivity contribution >= 4 is 5.91 Å². The fourth-order valence-electron chi connectivity index (χ4n) is 3.48. The molecule has 3 aromatic rings. The molecule has 0 N–H and O–H groups in total. The van der Waals surface area contributed by atoms with Crippen molar-refractivity contribution in [1.29, 1.82) is 0 Å². The molecule has 1 saturated heterocycles. The van der Waals surface area contributed by atoms with E-state index < -0.39 is 0 Å². The molecule has 4 rings (SSSR count). The molecule has 27 heavy (non-hydrogen) atoms. The molecule has 7 nitrogen and oxygen atoms in total. The van der Waals surface area contributed by atoms with Crippen molar-refractivity contribution in [2.24, 2.45) is 0 Å². The Kier molecular flexibility index (Phi) is 5.00. The van der Waals surface area contributed by atoms with Crippen molar-refractivity contribution in [3.8, 4) is 5.69 Å². The third kappa shape index (κ3) is 4.07. The number of para-hydroxylation sites is 1. The number of aromatic nitrogens is 4. The Morgan fingerprint density at radius 1 is 1.22 bits per heavy atom. The number of likely N-dealkylation sites (tertiary alicyclic amines) is 1. The fraction of sp³-hybridized carbons (Fsp3) is 0.400. The van der Waals surface area contributed by atoms with Crippen molar-refractivity contribution in [1.82, 2.24) is 24.8 Å². The molecule has 0 aliphatic carbocycles. The van der Waals surface area contributed by atoms with E-state index in [0.29, 0.717) is 24.6 Å². The molecule has 0 radical (unpaired) electrons. The van der Waals surface area contributed by atoms with E-state index in [1.165, 1.54) is 0 Å². The number of hydrogen-bond acceptors (Lipinski definition) is 5. The molecule has 1 aliphatic heterocycles. The summed E-state index contributed by atoms with van der Waals surface area (Å²) < 4.78 is 7.11. The lowest BCUT2D eigenvalue weighted by atomic mass is 9.96. The number of hydrogen-bond donors (Lipinski definition) is 0. The summed E-state index contributed by atoms with van der Waals surface area (Å²) in [6, 6.07) is 9.97. The van der Waals surface area contributed by atoms with Gasteiger partial charge in [-0.1, -0.05) is 23.4 Å². The van der Waals surface area contributed by atoms with Crippen LogP contribution in [0.4, 0.5) is 0 Å². The molecule has 1 amide bonds. The summed E-state index contributed by atoms with van der Waals surface area (Å²) in [5.74, 6) is 1.83. The van der Waals surface area contributed by atoms with E-state index in [1.807, 2.05) is 59.2 Å². The lowest BCUT2D eigenvalue weighted by Crippen LogP contribution is -2.38. The van der Waals surface area contributed by atoms with Crippen molar-refractivity contribution in [3.63, 3.8) is 0 Å². The van der Waals surface area contributed by atoms with Crippen LogP contribution in [-0.4, -0.2) is 43.8 Å². The number of nitrogens with zero attached hydrogens (tertiary/aromatic N) is 5. The van der Waals surface area contributed by atoms with Crippen LogP contribution in [0.5, 0.6) is 0 Å². The van der Waals surface area contributed by atoms with E-state index in [0.717, 1.165) is 37.2 Å². The van der Waals surface area contributed by atoms with Gasteiger partial charge in [-0.15, -0.1) is 0 Å². The summed E-state index contributed by atoms with van der Waals surface area (Å²) >= 11 is 0. The molecular weight excluding hydrogens is 342 g/mol. The molecule has 1 aromatic carbocycles. The smallest absolute Gasteiger partial charge is 0.229 e. The molecular formula is C20H23N5O2. The number of amides is 1. The Bertz CT molecular complexity index is 894. The molecule has 0 saturated carbocycles. The minimum absolute atomic E-state index is 0.197. The van der Waals surface area contributed by atoms with Gasteiger partial charge in [0, 0.05) is 31.6 Å². The van der Waals surface area contributed by atoms with Crippen LogP contribution in [0.15, 0.2) is 47.2 Å². The minimum Gasteiger partial charge on any atom is -0.343 e. The topological polar surface area (TPSA) is 77.0 Å². The highest BCUT2D eigenvalue weighted by atomic mass is 16.5. The lowest BCUT2D eigenvalue weighted by Gasteiger charge is -2.30. The van der Waals surface area contributed by atoms with Gasteiger partial charge in [-0.05, 0) is 43.9 Å². The molecule has 1 fully saturated rings. The predicted octanol–water partition coefficient (Wildman–Crippen LogP) is 2.90. The number of aryl methyl sites for hydroxylation is 2. The van der Waals surface area contributed by atoms with E-state index in [4.69, 9.17) is 4.52 Å². The SMILES string of the molecule is Cc1noc(C2CCN(C(=O)CCc3cnn(-c4ccccc4)c3)CC2)n1. The van der Waals surface area contributed by atoms with Gasteiger partial charge in [0.05, 0.1) is 11.9 Å². The second-order valence-electron chi connectivity index (χ2n) is 6.96. The summed E-state index contributed by atoms with van der Waals surface area (Å²) in [5.41, 5.74) is 2.09. The number of rotatable bonds is 5. The number of carbonyl (C=O) groups is 1. The normalized spacial score (nSPS) is 15.2. The molecule has 0 bridgehead atoms. The quantitative estimate of drug-likeness (QED) is 0.695. The van der Waals surface area contributed by atoms with E-state index >= 15 is 0 Å². The van der Waals surface area contributed by atoms with Crippen LogP contribution in [0, 0.1) is 6.92 Å². The molecule has 0 spiro atoms. The maximum Gasteiger partial charge on any atom is 0.229 e. The first kappa shape index (κ1) is 17.5. The van der Waals surface area contributed by atoms with Gasteiger partial charge in [-0.3, -0.25) is 4.79 Å². The molecule has 1 aliphatic rings. The Morgan fingerprint density at radius 3 is 2.70 bits per heavy atom. The zero-order valence-electron chi connectivity index (χ0n) is 15.4. The Morgan fingerprint density at radius 2 is 2.00 bits per heavy atom. The van der Waals surface area contributed by atoms with Crippen LogP contribution in [0.3, 0.4) is 0 Å². The van der Waals surface area contributed by atoms with Crippen molar-refractivity contribution in [3.05, 3.63) is 60.0 Å². The lowest BCUT2D eigenvalue weighted by molar-refractivity contribution is -0.132. The van der Waals surface area contributed by atoms with E-state index in [1.54, 1.807) is 0 Å². The molecule has 0 atom stereocenters. The fourth-order valence-corrected chi connectivity index (χ4v) is 3.48. The predicted molar refractivity (Wildman–Crippen MR) is 99.5 cm³/mol. The number of benzene rings is 1. The Balaban J connectivity index is 1.27. The van der Waals surface area contributed by atoms with Gasteiger partial charge in [-0.25, -0.2) is 4.68 Å². The summed E-state index contributed by atoms with van der Waals surface area (Å²) in [6.07, 6.45) is 6.79. The Hall–Kier alpha value is -2.96. The van der Waals surface area contributed by atoms with Gasteiger partial charge in [0.1, 0.15) is 0 Å². The molecule has 3 heterocycles. The van der Waals surface area contributed by atoms with Gasteiger partial charge in [0.15, 0.2) is 5.82 Å². The van der Waals surface area contributed by atoms with Crippen molar-refractivity contribution in [2.75, 3.05) is 13.1 Å². The van der Waals surface area contributed by atoms with Crippen LogP contribution < -0.4 is 0 Å². The first-order valence-corrected chi connectivity index (χ1v) is 9.36. The first-order chi connectivity index (χ1) is 13.2. The highest BCUT2D eigenvalue weighted by Crippen LogP contribution is 2.27. The van der Waals surface area contributed by atoms with Gasteiger partial charge < -0.3 is 9.42 Å². The van der Waals surface area contributed by atoms with Gasteiger partial charge in [-0.2, -0.15) is 10.1 Å². The van der Waals surface area contributed by atoms with Crippen LogP contribution in [0.1, 0.15) is 42.5 Å². The number of piperidine rings is 1. The average molecular weight is 365 g/mol. The zero-order valence-corrected chi connectivity index (χ0v) is 15.4. The third-order valence-corrected chi connectivity index (χ3v) is 5.02. The van der Waals surface area contributed by atoms with Gasteiger partial charge in [0.2, 0.25) is 11.8 Å². The molecule has 7 heteroatoms. The standard InChI is InChI=1S/C20H23N5O2/c1-15-22-20(27-23-15)17-9-11-24(12-10-17)19(26)8-7-16-13-21-25(14-16)18-5-3-2-4-6-18/h2-6,13-14,17H,7-12H2,1H3. The molecule has 0 unspecified atom stereocenters. The maximum absolute atomic E-state index is 12.5. The van der Waals surface area contributed by atoms with E-state index in [-0.39, 0.29) is 11.8 Å². The highest BCUT2D eigenvalue weighted by molar-refractivity contribution is 5.76. The third-order valence-electron chi connectivity index (χ3n) is 5.02. The minimum atomic E-state index is 0.197. The maximum atomic E-state index is 12.5. The van der Waals surface area contributed by atoms with Gasteiger partial charge in [0.25, 0.3) is 0 Å². The first-order valence-electron chi connectivity index (χ1n) is 9.36. The van der Waals surface area contributed by atoms with Crippen molar-refractivity contribution < 1.29 is 9.32 Å². The van der Waals surface area contributed by atoms with E-state index in [2.05, 4.69) is 15.2 Å². The van der Waals surface area contributed by atoms with Crippen LogP contribution in [-0.2, 0) is 11.2 Å². The van der Waals surface area contributed by atoms with Gasteiger partial charge >= 0.3 is 0 Å². The molecule has 2 aromatic heterocycles. The highest BCUT2D eigenvalue weighted by Gasteiger charge is 2.27. The van der Waals surface area contributed by atoms with Crippen molar-refractivity contribution in [2.45, 2.75) is 38.5 Å². The summed E-state index contributed by atoms with van der Waals surface area (Å²) in [7, 11) is 0. The molecule has 140 valence electrons. The summed E-state index contributed by atoms with van der Waals surface area (Å²) in [4.78, 5) is 18.8. The second-order valence-corrected chi connectivity index (χ2v) is 6.96. The average Bonchev–Trinajstić information content (AvgIpc) is 3.36. The van der Waals surface area contributed by atoms with Crippen LogP contribution in [0.2, 0.25) is 0 Å². The second kappa shape index (κ2) is 7.73. The van der Waals surface area contributed by atoms with Crippen LogP contribution >= 0.6 is 0 Å². The largest absolute Gasteiger partial charge is 0.343 e. The summed E-state index contributed by atoms with van der Waals surface area (Å²) in [5, 5.41) is 8.25. The summed E-state index contributed by atoms with van der Waals surface area (Å²) in [6.45, 7) is 3.31. The van der Waals surface area contributed by atoms with E-state index in [9.17, 15) is 4.79 Å².